The first-order valence-corrected chi connectivity index (χ1v) is 13.3. The van der Waals surface area contributed by atoms with Gasteiger partial charge in [-0.15, -0.1) is 0 Å². The van der Waals surface area contributed by atoms with E-state index in [0.717, 1.165) is 39.5 Å². The van der Waals surface area contributed by atoms with Gasteiger partial charge in [0.25, 0.3) is 0 Å². The van der Waals surface area contributed by atoms with E-state index in [9.17, 15) is 4.79 Å². The average Bonchev–Trinajstić information content (AvgIpc) is 3.31. The first-order chi connectivity index (χ1) is 18.9. The molecule has 0 aliphatic heterocycles. The van der Waals surface area contributed by atoms with Gasteiger partial charge in [0, 0.05) is 24.9 Å². The van der Waals surface area contributed by atoms with Crippen LogP contribution in [-0.4, -0.2) is 35.5 Å². The van der Waals surface area contributed by atoms with E-state index < -0.39 is 5.97 Å². The maximum atomic E-state index is 11.1. The Morgan fingerprint density at radius 2 is 1.67 bits per heavy atom. The van der Waals surface area contributed by atoms with Crippen molar-refractivity contribution >= 4 is 5.97 Å². The van der Waals surface area contributed by atoms with Gasteiger partial charge in [0.05, 0.1) is 25.1 Å². The number of aryl methyl sites for hydroxylation is 2. The monoisotopic (exact) mass is 528 g/mol. The molecule has 0 unspecified atom stereocenters. The fourth-order valence-corrected chi connectivity index (χ4v) is 4.24. The first-order valence-electron chi connectivity index (χ1n) is 13.3. The molecule has 1 aromatic heterocycles. The molecule has 0 amide bonds. The highest BCUT2D eigenvalue weighted by Gasteiger charge is 2.13. The summed E-state index contributed by atoms with van der Waals surface area (Å²) in [5.74, 6) is 1.29. The summed E-state index contributed by atoms with van der Waals surface area (Å²) in [6, 6.07) is 24.3. The maximum Gasteiger partial charge on any atom is 0.303 e. The van der Waals surface area contributed by atoms with Crippen molar-refractivity contribution in [3.8, 4) is 28.3 Å². The molecule has 7 nitrogen and oxygen atoms in total. The number of nitrogens with zero attached hydrogens (tertiary/aromatic N) is 1. The molecule has 0 fully saturated rings. The summed E-state index contributed by atoms with van der Waals surface area (Å²) in [7, 11) is 0. The molecular formula is C32H36N2O5. The summed E-state index contributed by atoms with van der Waals surface area (Å²) in [5.41, 5.74) is 6.09. The van der Waals surface area contributed by atoms with E-state index in [1.807, 2.05) is 69.3 Å². The molecular weight excluding hydrogens is 492 g/mol. The predicted molar refractivity (Wildman–Crippen MR) is 152 cm³/mol. The van der Waals surface area contributed by atoms with Crippen LogP contribution < -0.4 is 10.1 Å². The molecule has 0 saturated heterocycles. The number of nitrogens with one attached hydrogen (secondary N) is 1. The second-order valence-corrected chi connectivity index (χ2v) is 9.67. The van der Waals surface area contributed by atoms with Crippen LogP contribution in [0, 0.1) is 6.92 Å². The van der Waals surface area contributed by atoms with Gasteiger partial charge >= 0.3 is 5.97 Å². The number of hydrogen-bond donors (Lipinski definition) is 2. The van der Waals surface area contributed by atoms with E-state index in [4.69, 9.17) is 24.0 Å². The zero-order chi connectivity index (χ0) is 27.6. The molecule has 7 heteroatoms. The summed E-state index contributed by atoms with van der Waals surface area (Å²) in [5, 5.41) is 12.4. The Bertz CT molecular complexity index is 1350. The van der Waals surface area contributed by atoms with Crippen LogP contribution in [-0.2, 0) is 28.9 Å². The minimum atomic E-state index is -0.813. The molecule has 0 radical (unpaired) electrons. The fraction of sp³-hybridized carbons (Fsp3) is 0.312. The van der Waals surface area contributed by atoms with Crippen LogP contribution >= 0.6 is 0 Å². The Balaban J connectivity index is 1.37. The smallest absolute Gasteiger partial charge is 0.303 e. The zero-order valence-electron chi connectivity index (χ0n) is 22.8. The lowest BCUT2D eigenvalue weighted by Gasteiger charge is -2.14. The Morgan fingerprint density at radius 3 is 2.38 bits per heavy atom. The number of benzene rings is 3. The van der Waals surface area contributed by atoms with Crippen LogP contribution in [0.3, 0.4) is 0 Å². The van der Waals surface area contributed by atoms with Gasteiger partial charge in [-0.05, 0) is 73.7 Å². The van der Waals surface area contributed by atoms with Crippen molar-refractivity contribution in [1.82, 2.24) is 10.3 Å². The second-order valence-electron chi connectivity index (χ2n) is 9.67. The second kappa shape index (κ2) is 13.7. The van der Waals surface area contributed by atoms with Crippen LogP contribution in [0.25, 0.3) is 22.6 Å². The molecule has 0 bridgehead atoms. The van der Waals surface area contributed by atoms with Crippen molar-refractivity contribution in [2.24, 2.45) is 0 Å². The van der Waals surface area contributed by atoms with Gasteiger partial charge in [0.2, 0.25) is 5.89 Å². The summed E-state index contributed by atoms with van der Waals surface area (Å²) in [6.45, 7) is 7.31. The van der Waals surface area contributed by atoms with Crippen molar-refractivity contribution in [1.29, 1.82) is 0 Å². The van der Waals surface area contributed by atoms with E-state index in [-0.39, 0.29) is 12.5 Å². The van der Waals surface area contributed by atoms with Crippen molar-refractivity contribution in [2.45, 2.75) is 52.7 Å². The quantitative estimate of drug-likeness (QED) is 0.144. The molecule has 1 heterocycles. The van der Waals surface area contributed by atoms with Gasteiger partial charge in [-0.2, -0.15) is 0 Å². The van der Waals surface area contributed by atoms with E-state index in [1.54, 1.807) is 0 Å². The van der Waals surface area contributed by atoms with Gasteiger partial charge in [-0.3, -0.25) is 10.1 Å². The molecule has 2 N–H and O–H groups in total. The first kappa shape index (κ1) is 28.1. The van der Waals surface area contributed by atoms with E-state index >= 15 is 0 Å². The number of aromatic nitrogens is 1. The van der Waals surface area contributed by atoms with E-state index in [0.29, 0.717) is 38.6 Å². The number of hydrogen-bond acceptors (Lipinski definition) is 6. The average molecular weight is 529 g/mol. The lowest BCUT2D eigenvalue weighted by atomic mass is 10.0. The van der Waals surface area contributed by atoms with E-state index in [1.165, 1.54) is 5.56 Å². The van der Waals surface area contributed by atoms with Crippen LogP contribution in [0.5, 0.6) is 5.75 Å². The normalized spacial score (nSPS) is 11.2. The number of ether oxygens (including phenoxy) is 2. The molecule has 0 saturated carbocycles. The van der Waals surface area contributed by atoms with Crippen LogP contribution in [0.4, 0.5) is 0 Å². The lowest BCUT2D eigenvalue weighted by Crippen LogP contribution is -2.21. The van der Waals surface area contributed by atoms with Crippen molar-refractivity contribution < 1.29 is 23.8 Å². The fourth-order valence-electron chi connectivity index (χ4n) is 4.24. The molecule has 4 rings (SSSR count). The highest BCUT2D eigenvalue weighted by atomic mass is 16.5. The number of oxazole rings is 1. The Morgan fingerprint density at radius 1 is 0.949 bits per heavy atom. The van der Waals surface area contributed by atoms with Crippen LogP contribution in [0.2, 0.25) is 0 Å². The minimum Gasteiger partial charge on any atom is -0.493 e. The lowest BCUT2D eigenvalue weighted by molar-refractivity contribution is -0.136. The molecule has 3 aromatic carbocycles. The number of rotatable bonds is 14. The molecule has 0 aliphatic carbocycles. The molecule has 0 spiro atoms. The SMILES string of the molecule is Cc1oc(-c2ccc(-c3ccccc3)cc2)nc1CCOc1ccc(CCC(=O)O)c(CNCOC(C)C)c1. The Labute approximate surface area is 229 Å². The Kier molecular flexibility index (Phi) is 9.89. The molecule has 4 aromatic rings. The van der Waals surface area contributed by atoms with Gasteiger partial charge in [-0.25, -0.2) is 4.98 Å². The third-order valence-corrected chi connectivity index (χ3v) is 6.36. The summed E-state index contributed by atoms with van der Waals surface area (Å²) >= 11 is 0. The standard InChI is InChI=1S/C32H36N2O5/c1-22(2)38-21-33-20-28-19-29(15-13-26(28)14-16-31(35)36)37-18-17-30-23(3)39-32(34-30)27-11-9-25(10-12-27)24-7-5-4-6-8-24/h4-13,15,19,22,33H,14,16-18,20-21H2,1-3H3,(H,35,36). The van der Waals surface area contributed by atoms with Gasteiger partial charge < -0.3 is 19.0 Å². The topological polar surface area (TPSA) is 93.8 Å². The minimum absolute atomic E-state index is 0.0818. The maximum absolute atomic E-state index is 11.1. The van der Waals surface area contributed by atoms with Gasteiger partial charge in [0.1, 0.15) is 11.5 Å². The number of aliphatic carboxylic acids is 1. The van der Waals surface area contributed by atoms with Crippen molar-refractivity contribution in [3.63, 3.8) is 0 Å². The predicted octanol–water partition coefficient (Wildman–Crippen LogP) is 6.43. The highest BCUT2D eigenvalue weighted by Crippen LogP contribution is 2.26. The molecule has 0 atom stereocenters. The van der Waals surface area contributed by atoms with Crippen molar-refractivity contribution in [2.75, 3.05) is 13.3 Å². The van der Waals surface area contributed by atoms with Crippen LogP contribution in [0.1, 0.15) is 42.8 Å². The summed E-state index contributed by atoms with van der Waals surface area (Å²) in [4.78, 5) is 15.8. The Hall–Kier alpha value is -3.94. The molecule has 39 heavy (non-hydrogen) atoms. The summed E-state index contributed by atoms with van der Waals surface area (Å²) < 4.78 is 17.6. The number of carbonyl (C=O) groups is 1. The molecule has 0 aliphatic rings. The van der Waals surface area contributed by atoms with Crippen LogP contribution in [0.15, 0.2) is 77.2 Å². The largest absolute Gasteiger partial charge is 0.493 e. The summed E-state index contributed by atoms with van der Waals surface area (Å²) in [6.07, 6.45) is 1.28. The number of carboxylic acids is 1. The highest BCUT2D eigenvalue weighted by molar-refractivity contribution is 5.68. The van der Waals surface area contributed by atoms with Crippen molar-refractivity contribution in [3.05, 3.63) is 95.4 Å². The van der Waals surface area contributed by atoms with Gasteiger partial charge in [-0.1, -0.05) is 48.5 Å². The van der Waals surface area contributed by atoms with E-state index in [2.05, 4.69) is 29.6 Å². The third-order valence-electron chi connectivity index (χ3n) is 6.36. The van der Waals surface area contributed by atoms with Gasteiger partial charge in [0.15, 0.2) is 0 Å². The third kappa shape index (κ3) is 8.27. The molecule has 204 valence electrons. The number of carboxylic acid groups (broad SMARTS) is 1. The zero-order valence-corrected chi connectivity index (χ0v) is 22.8.